The van der Waals surface area contributed by atoms with Gasteiger partial charge >= 0.3 is 0 Å². The molecular formula is C55H33NO. The first-order chi connectivity index (χ1) is 28.3. The van der Waals surface area contributed by atoms with Crippen LogP contribution in [0.3, 0.4) is 0 Å². The van der Waals surface area contributed by atoms with Crippen LogP contribution in [0.15, 0.2) is 205 Å². The Morgan fingerprint density at radius 2 is 0.912 bits per heavy atom. The lowest BCUT2D eigenvalue weighted by Crippen LogP contribution is -2.26. The van der Waals surface area contributed by atoms with E-state index in [1.807, 2.05) is 12.1 Å². The molecule has 0 fully saturated rings. The zero-order chi connectivity index (χ0) is 37.2. The van der Waals surface area contributed by atoms with Crippen molar-refractivity contribution >= 4 is 71.3 Å². The maximum Gasteiger partial charge on any atom is 0.137 e. The first-order valence-corrected chi connectivity index (χ1v) is 19.8. The van der Waals surface area contributed by atoms with Gasteiger partial charge in [-0.1, -0.05) is 140 Å². The van der Waals surface area contributed by atoms with Crippen molar-refractivity contribution in [1.82, 2.24) is 0 Å². The standard InChI is InChI=1S/C55H33NO/c1-2-14-36(15-3-1)56(38-28-29-44-43-20-10-13-25-51(43)57-52(44)33-38)37-27-26-34-31-47-50(32-35(34)30-37)55(48-23-11-8-18-41(48)42-19-9-12-24-49(42)55)54-46-22-7-5-17-40(46)39-16-4-6-21-45(39)53(47)54/h1-33H. The van der Waals surface area contributed by atoms with Gasteiger partial charge in [0.2, 0.25) is 0 Å². The summed E-state index contributed by atoms with van der Waals surface area (Å²) in [6.07, 6.45) is 0. The van der Waals surface area contributed by atoms with Gasteiger partial charge in [-0.25, -0.2) is 0 Å². The van der Waals surface area contributed by atoms with Crippen LogP contribution in [0.1, 0.15) is 22.3 Å². The molecule has 1 aromatic heterocycles. The molecule has 0 saturated carbocycles. The third-order valence-corrected chi connectivity index (χ3v) is 12.8. The molecule has 0 atom stereocenters. The summed E-state index contributed by atoms with van der Waals surface area (Å²) in [4.78, 5) is 2.35. The van der Waals surface area contributed by atoms with Crippen LogP contribution in [-0.4, -0.2) is 0 Å². The highest BCUT2D eigenvalue weighted by Gasteiger charge is 2.53. The SMILES string of the molecule is c1ccc(N(c2ccc3cc4c(cc3c2)C2(c3ccccc3-c3ccccc32)c2c-4c3ccccc3c3ccccc23)c2ccc3c(c2)oc2ccccc23)cc1. The third kappa shape index (κ3) is 4.04. The van der Waals surface area contributed by atoms with Crippen LogP contribution in [0, 0.1) is 0 Å². The largest absolute Gasteiger partial charge is 0.456 e. The summed E-state index contributed by atoms with van der Waals surface area (Å²) in [6, 6.07) is 73.8. The number of rotatable bonds is 3. The fraction of sp³-hybridized carbons (Fsp3) is 0.0182. The minimum atomic E-state index is -0.489. The lowest BCUT2D eigenvalue weighted by Gasteiger charge is -2.32. The number of furan rings is 1. The van der Waals surface area contributed by atoms with Gasteiger partial charge in [-0.05, 0) is 131 Å². The van der Waals surface area contributed by atoms with E-state index in [1.54, 1.807) is 0 Å². The van der Waals surface area contributed by atoms with Gasteiger partial charge in [-0.15, -0.1) is 0 Å². The fourth-order valence-electron chi connectivity index (χ4n) is 10.6. The number of hydrogen-bond acceptors (Lipinski definition) is 2. The molecule has 11 aromatic rings. The number of nitrogens with zero attached hydrogens (tertiary/aromatic N) is 1. The van der Waals surface area contributed by atoms with E-state index in [1.165, 1.54) is 76.8 Å². The van der Waals surface area contributed by atoms with Crippen molar-refractivity contribution in [3.8, 4) is 22.3 Å². The molecule has 2 nitrogen and oxygen atoms in total. The Labute approximate surface area is 329 Å². The van der Waals surface area contributed by atoms with E-state index in [0.717, 1.165) is 39.0 Å². The molecule has 2 aliphatic rings. The Balaban J connectivity index is 1.11. The first kappa shape index (κ1) is 30.9. The molecule has 2 heteroatoms. The van der Waals surface area contributed by atoms with Crippen molar-refractivity contribution in [2.24, 2.45) is 0 Å². The fourth-order valence-corrected chi connectivity index (χ4v) is 10.6. The minimum absolute atomic E-state index is 0.489. The topological polar surface area (TPSA) is 16.4 Å². The molecular weight excluding hydrogens is 691 g/mol. The Bertz CT molecular complexity index is 3440. The van der Waals surface area contributed by atoms with Crippen molar-refractivity contribution in [2.75, 3.05) is 4.90 Å². The Morgan fingerprint density at radius 3 is 1.68 bits per heavy atom. The number of hydrogen-bond donors (Lipinski definition) is 0. The predicted molar refractivity (Wildman–Crippen MR) is 237 cm³/mol. The van der Waals surface area contributed by atoms with Crippen LogP contribution in [-0.2, 0) is 5.41 Å². The highest BCUT2D eigenvalue weighted by molar-refractivity contribution is 6.20. The summed E-state index contributed by atoms with van der Waals surface area (Å²) in [5.74, 6) is 0. The third-order valence-electron chi connectivity index (χ3n) is 12.8. The van der Waals surface area contributed by atoms with E-state index in [2.05, 4.69) is 193 Å². The van der Waals surface area contributed by atoms with Crippen LogP contribution in [0.4, 0.5) is 17.1 Å². The lowest BCUT2D eigenvalue weighted by atomic mass is 9.69. The van der Waals surface area contributed by atoms with Gasteiger partial charge in [0.05, 0.1) is 5.41 Å². The van der Waals surface area contributed by atoms with E-state index < -0.39 is 5.41 Å². The van der Waals surface area contributed by atoms with Crippen molar-refractivity contribution in [3.63, 3.8) is 0 Å². The van der Waals surface area contributed by atoms with E-state index in [0.29, 0.717) is 0 Å². The van der Waals surface area contributed by atoms with Crippen LogP contribution in [0.25, 0.3) is 76.5 Å². The molecule has 1 spiro atoms. The number of para-hydroxylation sites is 2. The normalized spacial score (nSPS) is 13.4. The molecule has 0 N–H and O–H groups in total. The molecule has 0 radical (unpaired) electrons. The average Bonchev–Trinajstić information content (AvgIpc) is 3.90. The van der Waals surface area contributed by atoms with Gasteiger partial charge in [0.1, 0.15) is 11.2 Å². The van der Waals surface area contributed by atoms with Crippen molar-refractivity contribution in [2.45, 2.75) is 5.41 Å². The second-order valence-electron chi connectivity index (χ2n) is 15.6. The number of anilines is 3. The first-order valence-electron chi connectivity index (χ1n) is 19.8. The second-order valence-corrected chi connectivity index (χ2v) is 15.6. The van der Waals surface area contributed by atoms with Crippen LogP contribution in [0.5, 0.6) is 0 Å². The zero-order valence-electron chi connectivity index (χ0n) is 30.9. The summed E-state index contributed by atoms with van der Waals surface area (Å²) in [5.41, 5.74) is 15.3. The molecule has 13 rings (SSSR count). The molecule has 0 aliphatic heterocycles. The minimum Gasteiger partial charge on any atom is -0.456 e. The molecule has 0 bridgehead atoms. The number of fused-ring (bicyclic) bond motifs is 19. The van der Waals surface area contributed by atoms with E-state index >= 15 is 0 Å². The van der Waals surface area contributed by atoms with Crippen LogP contribution < -0.4 is 4.90 Å². The molecule has 0 unspecified atom stereocenters. The van der Waals surface area contributed by atoms with Gasteiger partial charge in [0.25, 0.3) is 0 Å². The molecule has 264 valence electrons. The monoisotopic (exact) mass is 723 g/mol. The van der Waals surface area contributed by atoms with Crippen molar-refractivity contribution in [1.29, 1.82) is 0 Å². The summed E-state index contributed by atoms with van der Waals surface area (Å²) in [5, 5.41) is 9.90. The molecule has 10 aromatic carbocycles. The maximum atomic E-state index is 6.41. The summed E-state index contributed by atoms with van der Waals surface area (Å²) >= 11 is 0. The molecule has 1 heterocycles. The van der Waals surface area contributed by atoms with E-state index in [4.69, 9.17) is 4.42 Å². The zero-order valence-corrected chi connectivity index (χ0v) is 30.9. The van der Waals surface area contributed by atoms with E-state index in [-0.39, 0.29) is 0 Å². The van der Waals surface area contributed by atoms with Crippen molar-refractivity contribution in [3.05, 3.63) is 222 Å². The average molecular weight is 724 g/mol. The highest BCUT2D eigenvalue weighted by atomic mass is 16.3. The highest BCUT2D eigenvalue weighted by Crippen LogP contribution is 2.65. The maximum absolute atomic E-state index is 6.41. The molecule has 57 heavy (non-hydrogen) atoms. The number of benzene rings is 10. The molecule has 0 saturated heterocycles. The Morgan fingerprint density at radius 1 is 0.333 bits per heavy atom. The Hall–Kier alpha value is -7.42. The molecule has 2 aliphatic carbocycles. The van der Waals surface area contributed by atoms with Gasteiger partial charge in [0.15, 0.2) is 0 Å². The smallest absolute Gasteiger partial charge is 0.137 e. The summed E-state index contributed by atoms with van der Waals surface area (Å²) < 4.78 is 6.41. The van der Waals surface area contributed by atoms with E-state index in [9.17, 15) is 0 Å². The predicted octanol–water partition coefficient (Wildman–Crippen LogP) is 14.9. The van der Waals surface area contributed by atoms with Gasteiger partial charge in [0, 0.05) is 33.9 Å². The summed E-state index contributed by atoms with van der Waals surface area (Å²) in [6.45, 7) is 0. The van der Waals surface area contributed by atoms with Gasteiger partial charge in [-0.3, -0.25) is 0 Å². The van der Waals surface area contributed by atoms with Gasteiger partial charge in [-0.2, -0.15) is 0 Å². The van der Waals surface area contributed by atoms with Crippen LogP contribution >= 0.6 is 0 Å². The van der Waals surface area contributed by atoms with Crippen LogP contribution in [0.2, 0.25) is 0 Å². The van der Waals surface area contributed by atoms with Crippen molar-refractivity contribution < 1.29 is 4.42 Å². The van der Waals surface area contributed by atoms with Gasteiger partial charge < -0.3 is 9.32 Å². The Kier molecular flexibility index (Phi) is 6.13. The lowest BCUT2D eigenvalue weighted by molar-refractivity contribution is 0.669. The second kappa shape index (κ2) is 11.3. The summed E-state index contributed by atoms with van der Waals surface area (Å²) in [7, 11) is 0. The molecule has 0 amide bonds. The quantitative estimate of drug-likeness (QED) is 0.169.